The molecule has 2 heterocycles. The molecule has 24 heavy (non-hydrogen) atoms. The molecule has 0 spiro atoms. The summed E-state index contributed by atoms with van der Waals surface area (Å²) in [6.07, 6.45) is 1.56. The van der Waals surface area contributed by atoms with E-state index in [9.17, 15) is 9.59 Å². The van der Waals surface area contributed by atoms with Crippen molar-refractivity contribution in [2.45, 2.75) is 19.8 Å². The first-order valence-electron chi connectivity index (χ1n) is 8.88. The molecule has 2 aliphatic rings. The molecule has 3 rings (SSSR count). The largest absolute Gasteiger partial charge is 0.340 e. The quantitative estimate of drug-likeness (QED) is 0.828. The summed E-state index contributed by atoms with van der Waals surface area (Å²) in [7, 11) is 2.09. The van der Waals surface area contributed by atoms with Gasteiger partial charge in [0, 0.05) is 50.7 Å². The fourth-order valence-electron chi connectivity index (χ4n) is 3.58. The van der Waals surface area contributed by atoms with E-state index in [0.717, 1.165) is 50.1 Å². The van der Waals surface area contributed by atoms with E-state index >= 15 is 0 Å². The summed E-state index contributed by atoms with van der Waals surface area (Å²) in [5, 5.41) is 0. The smallest absolute Gasteiger partial charge is 0.253 e. The van der Waals surface area contributed by atoms with Crippen LogP contribution in [0, 0.1) is 12.8 Å². The topological polar surface area (TPSA) is 43.9 Å². The second-order valence-corrected chi connectivity index (χ2v) is 7.06. The van der Waals surface area contributed by atoms with Crippen LogP contribution in [0.15, 0.2) is 24.3 Å². The van der Waals surface area contributed by atoms with Crippen LogP contribution in [0.1, 0.15) is 28.8 Å². The molecular formula is C19H27N3O2. The van der Waals surface area contributed by atoms with Crippen molar-refractivity contribution in [3.05, 3.63) is 35.4 Å². The van der Waals surface area contributed by atoms with Gasteiger partial charge in [-0.25, -0.2) is 0 Å². The van der Waals surface area contributed by atoms with Crippen LogP contribution >= 0.6 is 0 Å². The van der Waals surface area contributed by atoms with Crippen molar-refractivity contribution in [1.82, 2.24) is 14.7 Å². The van der Waals surface area contributed by atoms with Gasteiger partial charge in [-0.15, -0.1) is 0 Å². The van der Waals surface area contributed by atoms with Crippen LogP contribution in [0.4, 0.5) is 0 Å². The summed E-state index contributed by atoms with van der Waals surface area (Å²) in [6, 6.07) is 7.73. The first-order valence-corrected chi connectivity index (χ1v) is 8.88. The van der Waals surface area contributed by atoms with Crippen LogP contribution in [-0.2, 0) is 4.79 Å². The molecule has 0 aliphatic carbocycles. The molecule has 2 amide bonds. The third kappa shape index (κ3) is 3.78. The van der Waals surface area contributed by atoms with Crippen LogP contribution in [0.3, 0.4) is 0 Å². The molecule has 130 valence electrons. The number of piperazine rings is 1. The van der Waals surface area contributed by atoms with Gasteiger partial charge in [0.15, 0.2) is 0 Å². The minimum Gasteiger partial charge on any atom is -0.340 e. The Morgan fingerprint density at radius 1 is 0.958 bits per heavy atom. The highest BCUT2D eigenvalue weighted by atomic mass is 16.2. The number of carbonyl (C=O) groups excluding carboxylic acids is 2. The monoisotopic (exact) mass is 329 g/mol. The molecule has 2 saturated heterocycles. The van der Waals surface area contributed by atoms with Crippen molar-refractivity contribution in [1.29, 1.82) is 0 Å². The van der Waals surface area contributed by atoms with Crippen molar-refractivity contribution in [3.8, 4) is 0 Å². The molecule has 0 unspecified atom stereocenters. The molecule has 1 aromatic carbocycles. The van der Waals surface area contributed by atoms with Gasteiger partial charge in [-0.05, 0) is 38.9 Å². The highest BCUT2D eigenvalue weighted by molar-refractivity contribution is 5.94. The average molecular weight is 329 g/mol. The summed E-state index contributed by atoms with van der Waals surface area (Å²) in [5.74, 6) is 0.449. The Kier molecular flexibility index (Phi) is 5.19. The van der Waals surface area contributed by atoms with Crippen molar-refractivity contribution >= 4 is 11.8 Å². The molecule has 0 radical (unpaired) electrons. The fraction of sp³-hybridized carbons (Fsp3) is 0.579. The number of aryl methyl sites for hydroxylation is 1. The predicted octanol–water partition coefficient (Wildman–Crippen LogP) is 1.62. The highest BCUT2D eigenvalue weighted by Crippen LogP contribution is 2.22. The van der Waals surface area contributed by atoms with Crippen LogP contribution in [-0.4, -0.2) is 72.8 Å². The van der Waals surface area contributed by atoms with Crippen LogP contribution in [0.2, 0.25) is 0 Å². The molecule has 5 heteroatoms. The van der Waals surface area contributed by atoms with Gasteiger partial charge in [0.25, 0.3) is 5.91 Å². The molecule has 1 aromatic rings. The maximum atomic E-state index is 12.7. The second-order valence-electron chi connectivity index (χ2n) is 7.06. The van der Waals surface area contributed by atoms with Crippen molar-refractivity contribution < 1.29 is 9.59 Å². The molecule has 0 atom stereocenters. The van der Waals surface area contributed by atoms with E-state index in [4.69, 9.17) is 0 Å². The number of amides is 2. The van der Waals surface area contributed by atoms with Crippen LogP contribution in [0.5, 0.6) is 0 Å². The Hall–Kier alpha value is -1.88. The SMILES string of the molecule is Cc1cccc(C(=O)N2CCC(C(=O)N3CCN(C)CC3)CC2)c1. The van der Waals surface area contributed by atoms with Crippen LogP contribution < -0.4 is 0 Å². The summed E-state index contributed by atoms with van der Waals surface area (Å²) < 4.78 is 0. The van der Waals surface area contributed by atoms with Gasteiger partial charge in [0.2, 0.25) is 5.91 Å². The molecule has 0 saturated carbocycles. The first-order chi connectivity index (χ1) is 11.5. The maximum absolute atomic E-state index is 12.7. The molecular weight excluding hydrogens is 302 g/mol. The zero-order valence-corrected chi connectivity index (χ0v) is 14.7. The first kappa shape index (κ1) is 17.0. The molecule has 2 fully saturated rings. The molecule has 5 nitrogen and oxygen atoms in total. The minimum atomic E-state index is 0.0787. The van der Waals surface area contributed by atoms with E-state index in [0.29, 0.717) is 13.1 Å². The Morgan fingerprint density at radius 3 is 2.25 bits per heavy atom. The molecule has 2 aliphatic heterocycles. The third-order valence-corrected chi connectivity index (χ3v) is 5.21. The van der Waals surface area contributed by atoms with Gasteiger partial charge in [-0.3, -0.25) is 9.59 Å². The third-order valence-electron chi connectivity index (χ3n) is 5.21. The van der Waals surface area contributed by atoms with Crippen molar-refractivity contribution in [2.75, 3.05) is 46.3 Å². The lowest BCUT2D eigenvalue weighted by atomic mass is 9.94. The average Bonchev–Trinajstić information content (AvgIpc) is 2.61. The molecule has 0 bridgehead atoms. The Labute approximate surface area is 144 Å². The number of carbonyl (C=O) groups is 2. The van der Waals surface area contributed by atoms with E-state index in [1.54, 1.807) is 0 Å². The summed E-state index contributed by atoms with van der Waals surface area (Å²) in [6.45, 7) is 6.92. The lowest BCUT2D eigenvalue weighted by molar-refractivity contribution is -0.138. The van der Waals surface area contributed by atoms with Gasteiger partial charge in [0.1, 0.15) is 0 Å². The predicted molar refractivity (Wildman–Crippen MR) is 93.9 cm³/mol. The summed E-state index contributed by atoms with van der Waals surface area (Å²) in [4.78, 5) is 31.4. The summed E-state index contributed by atoms with van der Waals surface area (Å²) >= 11 is 0. The second kappa shape index (κ2) is 7.34. The Bertz CT molecular complexity index is 600. The Morgan fingerprint density at radius 2 is 1.62 bits per heavy atom. The lowest BCUT2D eigenvalue weighted by Gasteiger charge is -2.37. The number of likely N-dealkylation sites (N-methyl/N-ethyl adjacent to an activating group) is 1. The van der Waals surface area contributed by atoms with Crippen molar-refractivity contribution in [2.24, 2.45) is 5.92 Å². The number of hydrogen-bond donors (Lipinski definition) is 0. The zero-order chi connectivity index (χ0) is 17.1. The zero-order valence-electron chi connectivity index (χ0n) is 14.7. The normalized spacial score (nSPS) is 20.2. The number of benzene rings is 1. The highest BCUT2D eigenvalue weighted by Gasteiger charge is 2.31. The fourth-order valence-corrected chi connectivity index (χ4v) is 3.58. The molecule has 0 aromatic heterocycles. The lowest BCUT2D eigenvalue weighted by Crippen LogP contribution is -2.51. The van der Waals surface area contributed by atoms with E-state index < -0.39 is 0 Å². The number of rotatable bonds is 2. The van der Waals surface area contributed by atoms with E-state index in [-0.39, 0.29) is 17.7 Å². The van der Waals surface area contributed by atoms with Gasteiger partial charge < -0.3 is 14.7 Å². The number of piperidine rings is 1. The molecule has 0 N–H and O–H groups in total. The van der Waals surface area contributed by atoms with E-state index in [1.165, 1.54) is 0 Å². The van der Waals surface area contributed by atoms with Gasteiger partial charge in [-0.2, -0.15) is 0 Å². The maximum Gasteiger partial charge on any atom is 0.253 e. The number of hydrogen-bond acceptors (Lipinski definition) is 3. The van der Waals surface area contributed by atoms with Crippen molar-refractivity contribution in [3.63, 3.8) is 0 Å². The standard InChI is InChI=1S/C19H27N3O2/c1-15-4-3-5-17(14-15)19(24)21-8-6-16(7-9-21)18(23)22-12-10-20(2)11-13-22/h3-5,14,16H,6-13H2,1-2H3. The van der Waals surface area contributed by atoms with Gasteiger partial charge >= 0.3 is 0 Å². The van der Waals surface area contributed by atoms with E-state index in [2.05, 4.69) is 11.9 Å². The van der Waals surface area contributed by atoms with E-state index in [1.807, 2.05) is 41.0 Å². The Balaban J connectivity index is 1.54. The number of likely N-dealkylation sites (tertiary alicyclic amines) is 1. The number of nitrogens with zero attached hydrogens (tertiary/aromatic N) is 3. The van der Waals surface area contributed by atoms with Gasteiger partial charge in [-0.1, -0.05) is 17.7 Å². The van der Waals surface area contributed by atoms with Gasteiger partial charge in [0.05, 0.1) is 0 Å². The van der Waals surface area contributed by atoms with Crippen LogP contribution in [0.25, 0.3) is 0 Å². The summed E-state index contributed by atoms with van der Waals surface area (Å²) in [5.41, 5.74) is 1.85. The minimum absolute atomic E-state index is 0.0787.